The van der Waals surface area contributed by atoms with Crippen LogP contribution in [0, 0.1) is 11.8 Å². The first-order valence-corrected chi connectivity index (χ1v) is 6.89. The van der Waals surface area contributed by atoms with Crippen LogP contribution in [0.4, 0.5) is 5.69 Å². The van der Waals surface area contributed by atoms with Crippen molar-refractivity contribution in [1.29, 1.82) is 0 Å². The lowest BCUT2D eigenvalue weighted by Gasteiger charge is -2.23. The Bertz CT molecular complexity index is 545. The number of anilines is 1. The summed E-state index contributed by atoms with van der Waals surface area (Å²) in [4.78, 5) is 23.6. The Labute approximate surface area is 120 Å². The molecule has 0 unspecified atom stereocenters. The van der Waals surface area contributed by atoms with Crippen LogP contribution < -0.4 is 5.32 Å². The zero-order chi connectivity index (χ0) is 14.3. The molecule has 6 heteroatoms. The molecule has 1 amide bonds. The summed E-state index contributed by atoms with van der Waals surface area (Å²) in [6.45, 7) is 0. The third-order valence-electron chi connectivity index (χ3n) is 3.97. The lowest BCUT2D eigenvalue weighted by atomic mass is 9.78. The summed E-state index contributed by atoms with van der Waals surface area (Å²) in [6.07, 6.45) is 0.839. The van der Waals surface area contributed by atoms with Crippen LogP contribution in [-0.2, 0) is 14.3 Å². The van der Waals surface area contributed by atoms with E-state index < -0.39 is 17.8 Å². The smallest absolute Gasteiger partial charge is 0.310 e. The zero-order valence-corrected chi connectivity index (χ0v) is 11.3. The molecule has 4 atom stereocenters. The van der Waals surface area contributed by atoms with Gasteiger partial charge in [0.1, 0.15) is 0 Å². The van der Waals surface area contributed by atoms with Gasteiger partial charge in [-0.1, -0.05) is 11.6 Å². The second-order valence-electron chi connectivity index (χ2n) is 5.18. The van der Waals surface area contributed by atoms with Crippen LogP contribution in [-0.4, -0.2) is 29.2 Å². The van der Waals surface area contributed by atoms with Gasteiger partial charge >= 0.3 is 5.97 Å². The molecule has 5 nitrogen and oxygen atoms in total. The highest BCUT2D eigenvalue weighted by Gasteiger charge is 2.55. The third-order valence-corrected chi connectivity index (χ3v) is 4.22. The van der Waals surface area contributed by atoms with E-state index in [1.165, 1.54) is 0 Å². The maximum atomic E-state index is 12.3. The number of carbonyl (C=O) groups is 2. The highest BCUT2D eigenvalue weighted by atomic mass is 35.5. The van der Waals surface area contributed by atoms with Crippen molar-refractivity contribution in [3.05, 3.63) is 29.3 Å². The first-order chi connectivity index (χ1) is 9.56. The highest BCUT2D eigenvalue weighted by molar-refractivity contribution is 6.30. The molecule has 106 valence electrons. The Balaban J connectivity index is 1.76. The number of fused-ring (bicyclic) bond motifs is 2. The molecule has 3 rings (SSSR count). The molecule has 0 aliphatic carbocycles. The number of carboxylic acid groups (broad SMARTS) is 1. The van der Waals surface area contributed by atoms with Crippen molar-refractivity contribution >= 4 is 29.2 Å². The van der Waals surface area contributed by atoms with Gasteiger partial charge in [0.15, 0.2) is 0 Å². The van der Waals surface area contributed by atoms with Gasteiger partial charge in [-0.25, -0.2) is 0 Å². The number of halogens is 1. The predicted octanol–water partition coefficient (Wildman–Crippen LogP) is 2.16. The molecule has 1 aromatic carbocycles. The van der Waals surface area contributed by atoms with Gasteiger partial charge in [-0.2, -0.15) is 0 Å². The van der Waals surface area contributed by atoms with Gasteiger partial charge in [-0.3, -0.25) is 9.59 Å². The second kappa shape index (κ2) is 5.07. The van der Waals surface area contributed by atoms with Crippen molar-refractivity contribution < 1.29 is 19.4 Å². The Hall–Kier alpha value is -1.59. The first-order valence-electron chi connectivity index (χ1n) is 6.51. The van der Waals surface area contributed by atoms with Crippen molar-refractivity contribution in [2.75, 3.05) is 5.32 Å². The topological polar surface area (TPSA) is 75.6 Å². The summed E-state index contributed by atoms with van der Waals surface area (Å²) in [5, 5.41) is 12.6. The number of aliphatic carboxylic acids is 1. The molecule has 2 saturated heterocycles. The molecule has 2 heterocycles. The van der Waals surface area contributed by atoms with Crippen LogP contribution in [0.5, 0.6) is 0 Å². The first kappa shape index (κ1) is 13.4. The molecular weight excluding hydrogens is 282 g/mol. The number of nitrogens with one attached hydrogen (secondary N) is 1. The van der Waals surface area contributed by atoms with E-state index in [2.05, 4.69) is 5.32 Å². The lowest BCUT2D eigenvalue weighted by Crippen LogP contribution is -2.40. The molecule has 2 N–H and O–H groups in total. The van der Waals surface area contributed by atoms with E-state index in [0.29, 0.717) is 17.1 Å². The fourth-order valence-corrected chi connectivity index (χ4v) is 3.21. The van der Waals surface area contributed by atoms with E-state index in [-0.39, 0.29) is 18.1 Å². The second-order valence-corrected chi connectivity index (χ2v) is 5.61. The van der Waals surface area contributed by atoms with Gasteiger partial charge < -0.3 is 15.2 Å². The predicted molar refractivity (Wildman–Crippen MR) is 72.6 cm³/mol. The summed E-state index contributed by atoms with van der Waals surface area (Å²) in [6, 6.07) is 6.71. The molecule has 20 heavy (non-hydrogen) atoms. The molecule has 2 aliphatic rings. The molecule has 0 saturated carbocycles. The third kappa shape index (κ3) is 2.27. The maximum Gasteiger partial charge on any atom is 0.310 e. The van der Waals surface area contributed by atoms with Gasteiger partial charge in [0.2, 0.25) is 5.91 Å². The van der Waals surface area contributed by atoms with Crippen LogP contribution in [0.2, 0.25) is 5.02 Å². The minimum atomic E-state index is -0.964. The van der Waals surface area contributed by atoms with Gasteiger partial charge in [0.25, 0.3) is 0 Å². The standard InChI is InChI=1S/C14H14ClNO4/c15-7-1-3-8(4-2-7)16-13(17)11-9-5-6-10(20-9)12(11)14(18)19/h1-4,9-12H,5-6H2,(H,16,17)(H,18,19)/t9-,10+,11-,12+/m0/s1. The van der Waals surface area contributed by atoms with Gasteiger partial charge in [0, 0.05) is 10.7 Å². The van der Waals surface area contributed by atoms with Crippen LogP contribution in [0.15, 0.2) is 24.3 Å². The number of ether oxygens (including phenoxy) is 1. The number of hydrogen-bond donors (Lipinski definition) is 2. The Morgan fingerprint density at radius 2 is 1.75 bits per heavy atom. The van der Waals surface area contributed by atoms with Gasteiger partial charge in [0.05, 0.1) is 24.0 Å². The highest BCUT2D eigenvalue weighted by Crippen LogP contribution is 2.44. The number of carboxylic acids is 1. The fourth-order valence-electron chi connectivity index (χ4n) is 3.08. The summed E-state index contributed by atoms with van der Waals surface area (Å²) in [7, 11) is 0. The summed E-state index contributed by atoms with van der Waals surface area (Å²) < 4.78 is 5.57. The Morgan fingerprint density at radius 3 is 2.35 bits per heavy atom. The lowest BCUT2D eigenvalue weighted by molar-refractivity contribution is -0.147. The number of rotatable bonds is 3. The summed E-state index contributed by atoms with van der Waals surface area (Å²) in [5.74, 6) is -2.64. The largest absolute Gasteiger partial charge is 0.481 e. The van der Waals surface area contributed by atoms with E-state index in [1.54, 1.807) is 24.3 Å². The van der Waals surface area contributed by atoms with Crippen molar-refractivity contribution in [2.24, 2.45) is 11.8 Å². The molecule has 0 aromatic heterocycles. The SMILES string of the molecule is O=C(Nc1ccc(Cl)cc1)[C@@H]1[C@H](C(=O)O)[C@H]2CC[C@@H]1O2. The quantitative estimate of drug-likeness (QED) is 0.896. The summed E-state index contributed by atoms with van der Waals surface area (Å²) in [5.41, 5.74) is 0.603. The average Bonchev–Trinajstić information content (AvgIpc) is 3.01. The molecular formula is C14H14ClNO4. The molecule has 2 fully saturated rings. The van der Waals surface area contributed by atoms with Crippen LogP contribution in [0.1, 0.15) is 12.8 Å². The van der Waals surface area contributed by atoms with E-state index in [9.17, 15) is 14.7 Å². The fraction of sp³-hybridized carbons (Fsp3) is 0.429. The van der Waals surface area contributed by atoms with E-state index >= 15 is 0 Å². The van der Waals surface area contributed by atoms with Crippen LogP contribution in [0.25, 0.3) is 0 Å². The number of hydrogen-bond acceptors (Lipinski definition) is 3. The number of amides is 1. The van der Waals surface area contributed by atoms with Crippen LogP contribution in [0.3, 0.4) is 0 Å². The number of carbonyl (C=O) groups excluding carboxylic acids is 1. The van der Waals surface area contributed by atoms with E-state index in [0.717, 1.165) is 6.42 Å². The molecule has 2 aliphatic heterocycles. The van der Waals surface area contributed by atoms with Crippen molar-refractivity contribution in [1.82, 2.24) is 0 Å². The average molecular weight is 296 g/mol. The maximum absolute atomic E-state index is 12.3. The minimum absolute atomic E-state index is 0.284. The summed E-state index contributed by atoms with van der Waals surface area (Å²) >= 11 is 5.78. The normalized spacial score (nSPS) is 31.2. The van der Waals surface area contributed by atoms with Gasteiger partial charge in [-0.05, 0) is 37.1 Å². The van der Waals surface area contributed by atoms with Crippen LogP contribution >= 0.6 is 11.6 Å². The Morgan fingerprint density at radius 1 is 1.15 bits per heavy atom. The van der Waals surface area contributed by atoms with Gasteiger partial charge in [-0.15, -0.1) is 0 Å². The van der Waals surface area contributed by atoms with Crippen molar-refractivity contribution in [3.63, 3.8) is 0 Å². The number of benzene rings is 1. The zero-order valence-electron chi connectivity index (χ0n) is 10.6. The van der Waals surface area contributed by atoms with E-state index in [1.807, 2.05) is 0 Å². The van der Waals surface area contributed by atoms with Crippen molar-refractivity contribution in [2.45, 2.75) is 25.0 Å². The minimum Gasteiger partial charge on any atom is -0.481 e. The molecule has 1 aromatic rings. The molecule has 2 bridgehead atoms. The van der Waals surface area contributed by atoms with E-state index in [4.69, 9.17) is 16.3 Å². The molecule has 0 radical (unpaired) electrons. The van der Waals surface area contributed by atoms with Crippen molar-refractivity contribution in [3.8, 4) is 0 Å². The Kier molecular flexibility index (Phi) is 3.40. The molecule has 0 spiro atoms. The monoisotopic (exact) mass is 295 g/mol.